The molecule has 2 rings (SSSR count). The van der Waals surface area contributed by atoms with E-state index in [1.807, 2.05) is 6.07 Å². The molecule has 1 aromatic carbocycles. The number of hydrogen-bond acceptors (Lipinski definition) is 2. The maximum Gasteiger partial charge on any atom is 0.134 e. The van der Waals surface area contributed by atoms with Gasteiger partial charge in [0.2, 0.25) is 0 Å². The van der Waals surface area contributed by atoms with Crippen LogP contribution in [0.1, 0.15) is 12.0 Å². The SMILES string of the molecule is Cl.Oc1cc(CN2CC=CCC2)ccc1Cl. The van der Waals surface area contributed by atoms with Gasteiger partial charge in [-0.3, -0.25) is 4.90 Å². The van der Waals surface area contributed by atoms with Crippen LogP contribution in [-0.4, -0.2) is 23.1 Å². The number of phenolic OH excluding ortho intramolecular Hbond substituents is 1. The molecule has 1 aromatic rings. The zero-order chi connectivity index (χ0) is 10.7. The Bertz CT molecular complexity index is 379. The molecule has 0 aromatic heterocycles. The van der Waals surface area contributed by atoms with E-state index >= 15 is 0 Å². The van der Waals surface area contributed by atoms with Gasteiger partial charge in [-0.2, -0.15) is 0 Å². The molecule has 1 heterocycles. The zero-order valence-electron chi connectivity index (χ0n) is 8.90. The summed E-state index contributed by atoms with van der Waals surface area (Å²) in [4.78, 5) is 2.34. The van der Waals surface area contributed by atoms with Crippen LogP contribution in [0.4, 0.5) is 0 Å². The molecule has 0 amide bonds. The fraction of sp³-hybridized carbons (Fsp3) is 0.333. The largest absolute Gasteiger partial charge is 0.506 e. The molecule has 0 unspecified atom stereocenters. The van der Waals surface area contributed by atoms with Crippen LogP contribution in [0.3, 0.4) is 0 Å². The van der Waals surface area contributed by atoms with Crippen LogP contribution >= 0.6 is 24.0 Å². The maximum absolute atomic E-state index is 9.47. The summed E-state index contributed by atoms with van der Waals surface area (Å²) in [6, 6.07) is 5.44. The fourth-order valence-electron chi connectivity index (χ4n) is 1.75. The van der Waals surface area contributed by atoms with Crippen molar-refractivity contribution in [2.75, 3.05) is 13.1 Å². The highest BCUT2D eigenvalue weighted by atomic mass is 35.5. The van der Waals surface area contributed by atoms with Gasteiger partial charge in [0.15, 0.2) is 0 Å². The van der Waals surface area contributed by atoms with E-state index in [0.717, 1.165) is 31.6 Å². The van der Waals surface area contributed by atoms with Crippen molar-refractivity contribution < 1.29 is 5.11 Å². The Morgan fingerprint density at radius 3 is 2.75 bits per heavy atom. The van der Waals surface area contributed by atoms with Gasteiger partial charge >= 0.3 is 0 Å². The average Bonchev–Trinajstić information content (AvgIpc) is 2.25. The molecule has 0 saturated heterocycles. The molecule has 0 bridgehead atoms. The van der Waals surface area contributed by atoms with Gasteiger partial charge in [-0.1, -0.05) is 29.8 Å². The van der Waals surface area contributed by atoms with E-state index in [9.17, 15) is 5.11 Å². The summed E-state index contributed by atoms with van der Waals surface area (Å²) in [5, 5.41) is 9.88. The number of benzene rings is 1. The Labute approximate surface area is 107 Å². The summed E-state index contributed by atoms with van der Waals surface area (Å²) >= 11 is 5.75. The molecule has 2 nitrogen and oxygen atoms in total. The van der Waals surface area contributed by atoms with Crippen molar-refractivity contribution in [2.24, 2.45) is 0 Å². The standard InChI is InChI=1S/C12H14ClNO.ClH/c13-11-5-4-10(8-12(11)15)9-14-6-2-1-3-7-14;/h1-2,4-5,8,15H,3,6-7,9H2;1H. The number of aromatic hydroxyl groups is 1. The highest BCUT2D eigenvalue weighted by Gasteiger charge is 2.07. The van der Waals surface area contributed by atoms with Crippen LogP contribution in [0.2, 0.25) is 5.02 Å². The molecule has 88 valence electrons. The van der Waals surface area contributed by atoms with Crippen molar-refractivity contribution in [3.63, 3.8) is 0 Å². The van der Waals surface area contributed by atoms with Crippen molar-refractivity contribution in [2.45, 2.75) is 13.0 Å². The van der Waals surface area contributed by atoms with E-state index in [0.29, 0.717) is 5.02 Å². The Hall–Kier alpha value is -0.700. The summed E-state index contributed by atoms with van der Waals surface area (Å²) in [5.74, 6) is 0.168. The Morgan fingerprint density at radius 1 is 1.31 bits per heavy atom. The van der Waals surface area contributed by atoms with Gasteiger partial charge in [0.05, 0.1) is 5.02 Å². The number of halogens is 2. The molecule has 0 saturated carbocycles. The third-order valence-corrected chi connectivity index (χ3v) is 2.88. The number of rotatable bonds is 2. The zero-order valence-corrected chi connectivity index (χ0v) is 10.5. The van der Waals surface area contributed by atoms with Crippen LogP contribution in [0.15, 0.2) is 30.4 Å². The van der Waals surface area contributed by atoms with E-state index in [4.69, 9.17) is 11.6 Å². The minimum Gasteiger partial charge on any atom is -0.506 e. The van der Waals surface area contributed by atoms with Crippen LogP contribution < -0.4 is 0 Å². The molecule has 0 aliphatic carbocycles. The number of phenols is 1. The molecule has 0 spiro atoms. The first kappa shape index (κ1) is 13.4. The van der Waals surface area contributed by atoms with E-state index in [1.54, 1.807) is 12.1 Å². The van der Waals surface area contributed by atoms with Gasteiger partial charge in [0.1, 0.15) is 5.75 Å². The molecule has 1 aliphatic heterocycles. The third-order valence-electron chi connectivity index (χ3n) is 2.56. The molecule has 1 N–H and O–H groups in total. The summed E-state index contributed by atoms with van der Waals surface area (Å²) in [6.07, 6.45) is 5.49. The Kier molecular flexibility index (Phi) is 5.13. The molecule has 0 fully saturated rings. The first-order chi connectivity index (χ1) is 7.25. The molecule has 0 radical (unpaired) electrons. The lowest BCUT2D eigenvalue weighted by Gasteiger charge is -2.23. The van der Waals surface area contributed by atoms with Crippen molar-refractivity contribution in [1.29, 1.82) is 0 Å². The molecular weight excluding hydrogens is 245 g/mol. The monoisotopic (exact) mass is 259 g/mol. The normalized spacial score (nSPS) is 15.8. The van der Waals surface area contributed by atoms with Crippen LogP contribution in [0, 0.1) is 0 Å². The van der Waals surface area contributed by atoms with Crippen molar-refractivity contribution in [1.82, 2.24) is 4.90 Å². The number of hydrogen-bond donors (Lipinski definition) is 1. The lowest BCUT2D eigenvalue weighted by molar-refractivity contribution is 0.290. The lowest BCUT2D eigenvalue weighted by atomic mass is 10.1. The third kappa shape index (κ3) is 3.41. The van der Waals surface area contributed by atoms with E-state index in [1.165, 1.54) is 0 Å². The summed E-state index contributed by atoms with van der Waals surface area (Å²) in [5.41, 5.74) is 1.10. The molecule has 1 aliphatic rings. The fourth-order valence-corrected chi connectivity index (χ4v) is 1.87. The second-order valence-corrected chi connectivity index (χ2v) is 4.19. The first-order valence-electron chi connectivity index (χ1n) is 5.10. The minimum absolute atomic E-state index is 0. The second kappa shape index (κ2) is 6.14. The predicted octanol–water partition coefficient (Wildman–Crippen LogP) is 3.23. The predicted molar refractivity (Wildman–Crippen MR) is 69.4 cm³/mol. The van der Waals surface area contributed by atoms with Crippen molar-refractivity contribution in [3.05, 3.63) is 40.9 Å². The van der Waals surface area contributed by atoms with Crippen LogP contribution in [0.25, 0.3) is 0 Å². The van der Waals surface area contributed by atoms with Gasteiger partial charge in [-0.05, 0) is 24.1 Å². The lowest BCUT2D eigenvalue weighted by Crippen LogP contribution is -2.26. The second-order valence-electron chi connectivity index (χ2n) is 3.78. The maximum atomic E-state index is 9.47. The quantitative estimate of drug-likeness (QED) is 0.825. The van der Waals surface area contributed by atoms with Crippen molar-refractivity contribution in [3.8, 4) is 5.75 Å². The highest BCUT2D eigenvalue weighted by Crippen LogP contribution is 2.24. The van der Waals surface area contributed by atoms with Crippen LogP contribution in [0.5, 0.6) is 5.75 Å². The van der Waals surface area contributed by atoms with Gasteiger partial charge in [0.25, 0.3) is 0 Å². The smallest absolute Gasteiger partial charge is 0.134 e. The van der Waals surface area contributed by atoms with E-state index in [2.05, 4.69) is 17.1 Å². The van der Waals surface area contributed by atoms with Gasteiger partial charge in [-0.15, -0.1) is 12.4 Å². The first-order valence-corrected chi connectivity index (χ1v) is 5.48. The highest BCUT2D eigenvalue weighted by molar-refractivity contribution is 6.31. The molecule has 0 atom stereocenters. The number of nitrogens with zero attached hydrogens (tertiary/aromatic N) is 1. The summed E-state index contributed by atoms with van der Waals surface area (Å²) < 4.78 is 0. The molecule has 4 heteroatoms. The van der Waals surface area contributed by atoms with E-state index in [-0.39, 0.29) is 18.2 Å². The Balaban J connectivity index is 0.00000128. The summed E-state index contributed by atoms with van der Waals surface area (Å²) in [6.45, 7) is 2.94. The van der Waals surface area contributed by atoms with Crippen molar-refractivity contribution >= 4 is 24.0 Å². The molecular formula is C12H15Cl2NO. The summed E-state index contributed by atoms with van der Waals surface area (Å²) in [7, 11) is 0. The van der Waals surface area contributed by atoms with Gasteiger partial charge in [-0.25, -0.2) is 0 Å². The van der Waals surface area contributed by atoms with Crippen LogP contribution in [-0.2, 0) is 6.54 Å². The van der Waals surface area contributed by atoms with Gasteiger partial charge < -0.3 is 5.11 Å². The topological polar surface area (TPSA) is 23.5 Å². The average molecular weight is 260 g/mol. The van der Waals surface area contributed by atoms with Gasteiger partial charge in [0, 0.05) is 19.6 Å². The van der Waals surface area contributed by atoms with E-state index < -0.39 is 0 Å². The Morgan fingerprint density at radius 2 is 2.12 bits per heavy atom. The molecule has 16 heavy (non-hydrogen) atoms. The minimum atomic E-state index is 0.